The van der Waals surface area contributed by atoms with Gasteiger partial charge in [0.15, 0.2) is 0 Å². The lowest BCUT2D eigenvalue weighted by atomic mass is 10.1. The Bertz CT molecular complexity index is 1130. The van der Waals surface area contributed by atoms with Crippen LogP contribution >= 0.6 is 11.6 Å². The van der Waals surface area contributed by atoms with Gasteiger partial charge in [-0.05, 0) is 42.5 Å². The zero-order valence-corrected chi connectivity index (χ0v) is 16.1. The molecule has 0 unspecified atom stereocenters. The van der Waals surface area contributed by atoms with Crippen molar-refractivity contribution in [3.05, 3.63) is 82.6 Å². The van der Waals surface area contributed by atoms with E-state index >= 15 is 0 Å². The molecule has 1 aromatic heterocycles. The van der Waals surface area contributed by atoms with Crippen molar-refractivity contribution in [2.75, 3.05) is 12.4 Å². The molecule has 0 spiro atoms. The van der Waals surface area contributed by atoms with Crippen molar-refractivity contribution in [2.45, 2.75) is 0 Å². The monoisotopic (exact) mass is 406 g/mol. The summed E-state index contributed by atoms with van der Waals surface area (Å²) in [5, 5.41) is 12.2. The van der Waals surface area contributed by atoms with Gasteiger partial charge in [-0.1, -0.05) is 29.8 Å². The third kappa shape index (κ3) is 4.72. The van der Waals surface area contributed by atoms with E-state index in [0.717, 1.165) is 0 Å². The first-order chi connectivity index (χ1) is 14.0. The van der Waals surface area contributed by atoms with Crippen LogP contribution in [0, 0.1) is 11.3 Å². The van der Waals surface area contributed by atoms with Gasteiger partial charge in [0.1, 0.15) is 23.2 Å². The minimum absolute atomic E-state index is 0.110. The van der Waals surface area contributed by atoms with E-state index in [4.69, 9.17) is 20.8 Å². The molecule has 0 saturated carbocycles. The molecule has 144 valence electrons. The Kier molecular flexibility index (Phi) is 6.12. The van der Waals surface area contributed by atoms with Crippen LogP contribution in [0.4, 0.5) is 5.69 Å². The summed E-state index contributed by atoms with van der Waals surface area (Å²) in [4.78, 5) is 24.1. The number of anilines is 1. The van der Waals surface area contributed by atoms with Gasteiger partial charge in [-0.2, -0.15) is 5.26 Å². The number of carbonyl (C=O) groups is 2. The molecule has 7 heteroatoms. The Morgan fingerprint density at radius 3 is 2.59 bits per heavy atom. The van der Waals surface area contributed by atoms with Gasteiger partial charge in [-0.3, -0.25) is 4.79 Å². The predicted molar refractivity (Wildman–Crippen MR) is 109 cm³/mol. The number of benzene rings is 2. The average Bonchev–Trinajstić information content (AvgIpc) is 3.21. The number of carbonyl (C=O) groups excluding carboxylic acids is 2. The van der Waals surface area contributed by atoms with Gasteiger partial charge < -0.3 is 14.5 Å². The topological polar surface area (TPSA) is 92.3 Å². The van der Waals surface area contributed by atoms with Crippen molar-refractivity contribution in [1.82, 2.24) is 0 Å². The van der Waals surface area contributed by atoms with Gasteiger partial charge in [0.05, 0.1) is 17.7 Å². The third-order valence-electron chi connectivity index (χ3n) is 3.97. The minimum atomic E-state index is -0.562. The summed E-state index contributed by atoms with van der Waals surface area (Å²) in [5.74, 6) is -0.350. The van der Waals surface area contributed by atoms with Crippen LogP contribution in [0.2, 0.25) is 5.02 Å². The number of ether oxygens (including phenoxy) is 1. The number of esters is 1. The number of furan rings is 1. The number of nitrogens with one attached hydrogen (secondary N) is 1. The first-order valence-electron chi connectivity index (χ1n) is 8.48. The molecule has 3 aromatic rings. The molecular formula is C22H15ClN2O4. The van der Waals surface area contributed by atoms with E-state index in [2.05, 4.69) is 5.32 Å². The normalized spacial score (nSPS) is 10.9. The molecule has 1 heterocycles. The second-order valence-electron chi connectivity index (χ2n) is 5.88. The molecule has 29 heavy (non-hydrogen) atoms. The Balaban J connectivity index is 1.84. The molecule has 6 nitrogen and oxygen atoms in total. The molecule has 0 fully saturated rings. The van der Waals surface area contributed by atoms with Gasteiger partial charge in [0, 0.05) is 17.3 Å². The quantitative estimate of drug-likeness (QED) is 0.368. The summed E-state index contributed by atoms with van der Waals surface area (Å²) in [7, 11) is 1.27. The molecule has 0 saturated heterocycles. The molecule has 0 aliphatic heterocycles. The number of nitriles is 1. The van der Waals surface area contributed by atoms with E-state index < -0.39 is 11.9 Å². The average molecular weight is 407 g/mol. The Morgan fingerprint density at radius 2 is 1.90 bits per heavy atom. The highest BCUT2D eigenvalue weighted by molar-refractivity contribution is 6.33. The molecule has 1 N–H and O–H groups in total. The highest BCUT2D eigenvalue weighted by Gasteiger charge is 2.15. The molecule has 0 bridgehead atoms. The summed E-state index contributed by atoms with van der Waals surface area (Å²) < 4.78 is 10.4. The van der Waals surface area contributed by atoms with Crippen LogP contribution in [0.5, 0.6) is 0 Å². The number of amides is 1. The lowest BCUT2D eigenvalue weighted by molar-refractivity contribution is -0.112. The van der Waals surface area contributed by atoms with Crippen molar-refractivity contribution in [3.63, 3.8) is 0 Å². The molecule has 3 rings (SSSR count). The molecule has 0 atom stereocenters. The summed E-state index contributed by atoms with van der Waals surface area (Å²) in [6.07, 6.45) is 1.35. The van der Waals surface area contributed by atoms with E-state index in [0.29, 0.717) is 22.8 Å². The summed E-state index contributed by atoms with van der Waals surface area (Å²) in [6, 6.07) is 18.8. The van der Waals surface area contributed by atoms with Crippen LogP contribution < -0.4 is 5.32 Å². The van der Waals surface area contributed by atoms with E-state index in [-0.39, 0.29) is 16.2 Å². The number of rotatable bonds is 5. The fourth-order valence-electron chi connectivity index (χ4n) is 2.54. The Morgan fingerprint density at radius 1 is 1.14 bits per heavy atom. The van der Waals surface area contributed by atoms with Crippen LogP contribution in [-0.4, -0.2) is 19.0 Å². The fourth-order valence-corrected chi connectivity index (χ4v) is 2.74. The van der Waals surface area contributed by atoms with Crippen LogP contribution in [0.1, 0.15) is 16.1 Å². The number of hydrogen-bond acceptors (Lipinski definition) is 5. The molecule has 1 amide bonds. The van der Waals surface area contributed by atoms with Crippen LogP contribution in [0.15, 0.2) is 70.7 Å². The molecule has 2 aromatic carbocycles. The fraction of sp³-hybridized carbons (Fsp3) is 0.0455. The van der Waals surface area contributed by atoms with E-state index in [1.165, 1.54) is 13.2 Å². The molecular weight excluding hydrogens is 392 g/mol. The van der Waals surface area contributed by atoms with Crippen molar-refractivity contribution >= 4 is 35.2 Å². The first-order valence-corrected chi connectivity index (χ1v) is 8.86. The van der Waals surface area contributed by atoms with Crippen molar-refractivity contribution in [2.24, 2.45) is 0 Å². The maximum absolute atomic E-state index is 12.3. The van der Waals surface area contributed by atoms with E-state index in [1.807, 2.05) is 12.1 Å². The number of para-hydroxylation sites is 1. The number of nitrogens with zero attached hydrogens (tertiary/aromatic N) is 1. The van der Waals surface area contributed by atoms with Gasteiger partial charge in [0.25, 0.3) is 5.91 Å². The SMILES string of the molecule is COC(=O)c1cc(-c2ccc(/C=C(\C#N)C(=O)Nc3ccccc3)o2)ccc1Cl. The lowest BCUT2D eigenvalue weighted by Gasteiger charge is -2.04. The standard InChI is InChI=1S/C22H15ClN2O4/c1-28-22(27)18-12-14(7-9-19(18)23)20-10-8-17(29-20)11-15(13-24)21(26)25-16-5-3-2-4-6-16/h2-12H,1H3,(H,25,26)/b15-11+. The van der Waals surface area contributed by atoms with E-state index in [1.54, 1.807) is 54.6 Å². The second kappa shape index (κ2) is 8.91. The van der Waals surface area contributed by atoms with Gasteiger partial charge in [-0.15, -0.1) is 0 Å². The maximum Gasteiger partial charge on any atom is 0.339 e. The van der Waals surface area contributed by atoms with Crippen molar-refractivity contribution in [1.29, 1.82) is 5.26 Å². The molecule has 0 aliphatic carbocycles. The molecule has 0 aliphatic rings. The van der Waals surface area contributed by atoms with Crippen LogP contribution in [-0.2, 0) is 9.53 Å². The van der Waals surface area contributed by atoms with Crippen molar-refractivity contribution in [3.8, 4) is 17.4 Å². The second-order valence-corrected chi connectivity index (χ2v) is 6.29. The van der Waals surface area contributed by atoms with Crippen molar-refractivity contribution < 1.29 is 18.7 Å². The Hall–Kier alpha value is -3.82. The van der Waals surface area contributed by atoms with E-state index in [9.17, 15) is 14.9 Å². The zero-order valence-electron chi connectivity index (χ0n) is 15.3. The largest absolute Gasteiger partial charge is 0.465 e. The summed E-state index contributed by atoms with van der Waals surface area (Å²) >= 11 is 6.03. The van der Waals surface area contributed by atoms with Crippen LogP contribution in [0.3, 0.4) is 0 Å². The lowest BCUT2D eigenvalue weighted by Crippen LogP contribution is -2.13. The highest BCUT2D eigenvalue weighted by atomic mass is 35.5. The maximum atomic E-state index is 12.3. The summed E-state index contributed by atoms with van der Waals surface area (Å²) in [6.45, 7) is 0. The van der Waals surface area contributed by atoms with Crippen LogP contribution in [0.25, 0.3) is 17.4 Å². The predicted octanol–water partition coefficient (Wildman–Crippen LogP) is 4.93. The smallest absolute Gasteiger partial charge is 0.339 e. The highest BCUT2D eigenvalue weighted by Crippen LogP contribution is 2.28. The minimum Gasteiger partial charge on any atom is -0.465 e. The Labute approximate surface area is 172 Å². The zero-order chi connectivity index (χ0) is 20.8. The van der Waals surface area contributed by atoms with Gasteiger partial charge in [0.2, 0.25) is 0 Å². The number of halogens is 1. The molecule has 0 radical (unpaired) electrons. The third-order valence-corrected chi connectivity index (χ3v) is 4.30. The first kappa shape index (κ1) is 19.9. The number of methoxy groups -OCH3 is 1. The summed E-state index contributed by atoms with van der Waals surface area (Å²) in [5.41, 5.74) is 1.28. The van der Waals surface area contributed by atoms with Gasteiger partial charge in [-0.25, -0.2) is 4.79 Å². The number of hydrogen-bond donors (Lipinski definition) is 1. The van der Waals surface area contributed by atoms with Gasteiger partial charge >= 0.3 is 5.97 Å².